The number of oxazole rings is 1. The van der Waals surface area contributed by atoms with E-state index in [0.29, 0.717) is 34.6 Å². The van der Waals surface area contributed by atoms with Gasteiger partial charge in [0.05, 0.1) is 12.3 Å². The molecule has 10 heteroatoms. The highest BCUT2D eigenvalue weighted by atomic mass is 32.2. The minimum atomic E-state index is -2.84. The molecule has 0 saturated carbocycles. The van der Waals surface area contributed by atoms with Gasteiger partial charge in [-0.2, -0.15) is 8.78 Å². The Balaban J connectivity index is 1.79. The molecule has 2 aromatic heterocycles. The van der Waals surface area contributed by atoms with Crippen molar-refractivity contribution in [3.63, 3.8) is 0 Å². The van der Waals surface area contributed by atoms with E-state index in [1.807, 2.05) is 6.92 Å². The number of amidine groups is 1. The number of hydrogen-bond donors (Lipinski definition) is 1. The van der Waals surface area contributed by atoms with Crippen LogP contribution in [0, 0.1) is 13.8 Å². The van der Waals surface area contributed by atoms with Crippen molar-refractivity contribution in [2.75, 3.05) is 6.61 Å². The third kappa shape index (κ3) is 5.18. The fraction of sp³-hybridized carbons (Fsp3) is 0.474. The van der Waals surface area contributed by atoms with Crippen LogP contribution >= 0.6 is 11.8 Å². The highest BCUT2D eigenvalue weighted by Gasteiger charge is 2.36. The zero-order chi connectivity index (χ0) is 21.2. The van der Waals surface area contributed by atoms with Crippen LogP contribution in [0.5, 0.6) is 0 Å². The Morgan fingerprint density at radius 3 is 2.90 bits per heavy atom. The molecule has 0 bridgehead atoms. The van der Waals surface area contributed by atoms with Gasteiger partial charge in [0.25, 0.3) is 0 Å². The number of hydrogen-bond acceptors (Lipinski definition) is 8. The average Bonchev–Trinajstić information content (AvgIpc) is 2.98. The van der Waals surface area contributed by atoms with Gasteiger partial charge in [-0.25, -0.2) is 9.98 Å². The van der Waals surface area contributed by atoms with Gasteiger partial charge in [-0.3, -0.25) is 9.78 Å². The zero-order valence-electron chi connectivity index (χ0n) is 16.3. The number of halogens is 2. The normalized spacial score (nSPS) is 22.0. The monoisotopic (exact) mass is 424 g/mol. The maximum absolute atomic E-state index is 12.6. The Hall–Kier alpha value is -2.33. The molecule has 7 nitrogen and oxygen atoms in total. The van der Waals surface area contributed by atoms with Gasteiger partial charge < -0.3 is 14.9 Å². The molecule has 2 aromatic rings. The Bertz CT molecular complexity index is 934. The highest BCUT2D eigenvalue weighted by Crippen LogP contribution is 2.38. The number of ether oxygens (including phenoxy) is 1. The summed E-state index contributed by atoms with van der Waals surface area (Å²) in [6, 6.07) is 3.53. The fourth-order valence-electron chi connectivity index (χ4n) is 3.34. The summed E-state index contributed by atoms with van der Waals surface area (Å²) in [7, 11) is 0. The van der Waals surface area contributed by atoms with Crippen LogP contribution in [-0.2, 0) is 16.7 Å². The molecule has 2 atom stereocenters. The second-order valence-corrected chi connectivity index (χ2v) is 8.37. The molecule has 0 spiro atoms. The number of pyridine rings is 1. The van der Waals surface area contributed by atoms with Crippen LogP contribution in [0.3, 0.4) is 0 Å². The SMILES string of the molecule is Cc1nc(C(=O)Cc2ccnc([C@]3(C)C[C@@H](COC(F)F)SC(N)=N3)c2)c(C)o1. The number of aliphatic imine (C=N–C) groups is 1. The predicted molar refractivity (Wildman–Crippen MR) is 105 cm³/mol. The molecular weight excluding hydrogens is 402 g/mol. The number of aryl methyl sites for hydroxylation is 2. The van der Waals surface area contributed by atoms with E-state index in [-0.39, 0.29) is 24.1 Å². The van der Waals surface area contributed by atoms with Crippen molar-refractivity contribution in [2.45, 2.75) is 51.0 Å². The van der Waals surface area contributed by atoms with Crippen LogP contribution < -0.4 is 5.73 Å². The van der Waals surface area contributed by atoms with E-state index in [9.17, 15) is 13.6 Å². The van der Waals surface area contributed by atoms with E-state index in [0.717, 1.165) is 5.56 Å². The van der Waals surface area contributed by atoms with Crippen LogP contribution in [-0.4, -0.2) is 39.4 Å². The van der Waals surface area contributed by atoms with E-state index >= 15 is 0 Å². The van der Waals surface area contributed by atoms with Crippen LogP contribution in [0.4, 0.5) is 8.78 Å². The number of nitrogens with two attached hydrogens (primary N) is 1. The van der Waals surface area contributed by atoms with Gasteiger partial charge in [0.2, 0.25) is 0 Å². The topological polar surface area (TPSA) is 104 Å². The number of nitrogens with zero attached hydrogens (tertiary/aromatic N) is 3. The second-order valence-electron chi connectivity index (χ2n) is 7.05. The number of carbonyl (C=O) groups is 1. The molecule has 0 fully saturated rings. The van der Waals surface area contributed by atoms with E-state index < -0.39 is 12.2 Å². The summed E-state index contributed by atoms with van der Waals surface area (Å²) in [6.45, 7) is 2.25. The van der Waals surface area contributed by atoms with E-state index in [1.54, 1.807) is 32.2 Å². The van der Waals surface area contributed by atoms with Gasteiger partial charge in [-0.15, -0.1) is 0 Å². The second kappa shape index (κ2) is 8.58. The average molecular weight is 424 g/mol. The maximum Gasteiger partial charge on any atom is 0.345 e. The lowest BCUT2D eigenvalue weighted by atomic mass is 9.90. The molecule has 3 heterocycles. The Kier molecular flexibility index (Phi) is 6.33. The van der Waals surface area contributed by atoms with Gasteiger partial charge in [-0.1, -0.05) is 11.8 Å². The lowest BCUT2D eigenvalue weighted by molar-refractivity contribution is -0.128. The van der Waals surface area contributed by atoms with Crippen molar-refractivity contribution < 1.29 is 22.7 Å². The summed E-state index contributed by atoms with van der Waals surface area (Å²) in [5.74, 6) is 0.764. The number of rotatable bonds is 7. The maximum atomic E-state index is 12.6. The summed E-state index contributed by atoms with van der Waals surface area (Å²) in [5.41, 5.74) is 6.80. The molecule has 0 unspecified atom stereocenters. The summed E-state index contributed by atoms with van der Waals surface area (Å²) >= 11 is 1.21. The van der Waals surface area contributed by atoms with E-state index in [1.165, 1.54) is 11.8 Å². The van der Waals surface area contributed by atoms with Gasteiger partial charge in [0, 0.05) is 24.8 Å². The van der Waals surface area contributed by atoms with Crippen LogP contribution in [0.25, 0.3) is 0 Å². The third-order valence-electron chi connectivity index (χ3n) is 4.59. The Labute approximate surface area is 171 Å². The first kappa shape index (κ1) is 21.4. The lowest BCUT2D eigenvalue weighted by Gasteiger charge is -2.33. The van der Waals surface area contributed by atoms with Crippen molar-refractivity contribution in [2.24, 2.45) is 10.7 Å². The van der Waals surface area contributed by atoms with E-state index in [4.69, 9.17) is 10.2 Å². The van der Waals surface area contributed by atoms with Crippen molar-refractivity contribution in [1.82, 2.24) is 9.97 Å². The lowest BCUT2D eigenvalue weighted by Crippen LogP contribution is -2.36. The molecule has 1 aliphatic rings. The van der Waals surface area contributed by atoms with Crippen molar-refractivity contribution in [3.05, 3.63) is 46.9 Å². The molecule has 0 radical (unpaired) electrons. The number of ketones is 1. The zero-order valence-corrected chi connectivity index (χ0v) is 17.1. The highest BCUT2D eigenvalue weighted by molar-refractivity contribution is 8.14. The van der Waals surface area contributed by atoms with Crippen molar-refractivity contribution in [1.29, 1.82) is 0 Å². The number of Topliss-reactive ketones (excluding diaryl/α,β-unsaturated/α-hetero) is 1. The fourth-order valence-corrected chi connectivity index (χ4v) is 4.49. The molecule has 29 heavy (non-hydrogen) atoms. The van der Waals surface area contributed by atoms with Crippen molar-refractivity contribution >= 4 is 22.7 Å². The number of alkyl halides is 2. The summed E-state index contributed by atoms with van der Waals surface area (Å²) in [5, 5.41) is 0.0120. The molecule has 3 rings (SSSR count). The number of thioether (sulfide) groups is 1. The van der Waals surface area contributed by atoms with Crippen LogP contribution in [0.2, 0.25) is 0 Å². The third-order valence-corrected chi connectivity index (χ3v) is 5.55. The molecule has 1 aliphatic heterocycles. The minimum Gasteiger partial charge on any atom is -0.446 e. The van der Waals surface area contributed by atoms with Gasteiger partial charge >= 0.3 is 6.61 Å². The summed E-state index contributed by atoms with van der Waals surface area (Å²) < 4.78 is 34.6. The van der Waals surface area contributed by atoms with Crippen molar-refractivity contribution in [3.8, 4) is 0 Å². The van der Waals surface area contributed by atoms with Gasteiger partial charge in [0.1, 0.15) is 17.0 Å². The molecule has 156 valence electrons. The smallest absolute Gasteiger partial charge is 0.345 e. The summed E-state index contributed by atoms with van der Waals surface area (Å²) in [6.07, 6.45) is 2.16. The Morgan fingerprint density at radius 2 is 2.24 bits per heavy atom. The van der Waals surface area contributed by atoms with E-state index in [2.05, 4.69) is 19.7 Å². The number of aromatic nitrogens is 2. The van der Waals surface area contributed by atoms with Crippen LogP contribution in [0.15, 0.2) is 27.7 Å². The molecular formula is C19H22F2N4O3S. The first-order valence-corrected chi connectivity index (χ1v) is 9.88. The van der Waals surface area contributed by atoms with Crippen LogP contribution in [0.1, 0.15) is 46.7 Å². The standard InChI is InChI=1S/C19H22F2N4O3S/c1-10-16(24-11(2)28-10)14(26)6-12-4-5-23-15(7-12)19(3)8-13(9-27-17(20)21)29-18(22)25-19/h4-5,7,13,17H,6,8-9H2,1-3H3,(H2,22,25)/t13-,19-/m0/s1. The molecule has 0 saturated heterocycles. The molecule has 2 N–H and O–H groups in total. The predicted octanol–water partition coefficient (Wildman–Crippen LogP) is 3.39. The first-order chi connectivity index (χ1) is 13.7. The quantitative estimate of drug-likeness (QED) is 0.680. The first-order valence-electron chi connectivity index (χ1n) is 9.00. The minimum absolute atomic E-state index is 0.129. The molecule has 0 amide bonds. The largest absolute Gasteiger partial charge is 0.446 e. The van der Waals surface area contributed by atoms with Gasteiger partial charge in [-0.05, 0) is 38.0 Å². The Morgan fingerprint density at radius 1 is 1.48 bits per heavy atom. The number of carbonyl (C=O) groups excluding carboxylic acids is 1. The molecule has 0 aliphatic carbocycles. The summed E-state index contributed by atoms with van der Waals surface area (Å²) in [4.78, 5) is 25.6. The van der Waals surface area contributed by atoms with Gasteiger partial charge in [0.15, 0.2) is 16.8 Å². The molecule has 0 aromatic carbocycles.